The van der Waals surface area contributed by atoms with E-state index in [1.165, 1.54) is 0 Å². The lowest BCUT2D eigenvalue weighted by Gasteiger charge is -2.27. The molecule has 2 aromatic rings. The summed E-state index contributed by atoms with van der Waals surface area (Å²) in [5.41, 5.74) is 3.36. The van der Waals surface area contributed by atoms with Gasteiger partial charge in [0.2, 0.25) is 0 Å². The molecule has 0 aliphatic carbocycles. The Morgan fingerprint density at radius 3 is 1.53 bits per heavy atom. The molecule has 4 rings (SSSR count). The highest BCUT2D eigenvalue weighted by Gasteiger charge is 2.18. The van der Waals surface area contributed by atoms with E-state index in [0.29, 0.717) is 11.1 Å². The van der Waals surface area contributed by atoms with E-state index in [9.17, 15) is 4.79 Å². The second-order valence-corrected chi connectivity index (χ2v) is 8.16. The SMILES string of the molecule is COc1cc(C(=O)c2ccc(CN3CCOCC3)c(OC)c2)ccc1CN1CCOCC1. The molecule has 2 heterocycles. The first-order chi connectivity index (χ1) is 15.7. The van der Waals surface area contributed by atoms with Gasteiger partial charge in [0.05, 0.1) is 40.6 Å². The Labute approximate surface area is 189 Å². The van der Waals surface area contributed by atoms with Gasteiger partial charge in [0.15, 0.2) is 5.78 Å². The molecule has 0 N–H and O–H groups in total. The molecule has 0 unspecified atom stereocenters. The highest BCUT2D eigenvalue weighted by molar-refractivity contribution is 6.09. The van der Waals surface area contributed by atoms with Crippen LogP contribution in [0, 0.1) is 0 Å². The topological polar surface area (TPSA) is 60.5 Å². The molecule has 0 radical (unpaired) electrons. The van der Waals surface area contributed by atoms with Crippen LogP contribution in [-0.4, -0.2) is 82.4 Å². The highest BCUT2D eigenvalue weighted by atomic mass is 16.5. The summed E-state index contributed by atoms with van der Waals surface area (Å²) in [6.07, 6.45) is 0. The van der Waals surface area contributed by atoms with E-state index in [0.717, 1.165) is 88.3 Å². The van der Waals surface area contributed by atoms with Crippen molar-refractivity contribution in [1.29, 1.82) is 0 Å². The van der Waals surface area contributed by atoms with Crippen LogP contribution in [0.25, 0.3) is 0 Å². The van der Waals surface area contributed by atoms with Crippen molar-refractivity contribution in [3.05, 3.63) is 58.7 Å². The molecule has 2 aliphatic rings. The Balaban J connectivity index is 1.50. The number of hydrogen-bond donors (Lipinski definition) is 0. The van der Waals surface area contributed by atoms with E-state index >= 15 is 0 Å². The number of hydrogen-bond acceptors (Lipinski definition) is 7. The van der Waals surface area contributed by atoms with Crippen molar-refractivity contribution in [3.8, 4) is 11.5 Å². The second kappa shape index (κ2) is 10.9. The summed E-state index contributed by atoms with van der Waals surface area (Å²) in [5.74, 6) is 1.42. The van der Waals surface area contributed by atoms with Gasteiger partial charge in [0.25, 0.3) is 0 Å². The summed E-state index contributed by atoms with van der Waals surface area (Å²) in [7, 11) is 3.30. The van der Waals surface area contributed by atoms with Gasteiger partial charge in [-0.2, -0.15) is 0 Å². The molecule has 0 bridgehead atoms. The third kappa shape index (κ3) is 5.48. The van der Waals surface area contributed by atoms with Crippen LogP contribution in [0.1, 0.15) is 27.0 Å². The van der Waals surface area contributed by atoms with Crippen LogP contribution in [0.5, 0.6) is 11.5 Å². The van der Waals surface area contributed by atoms with E-state index < -0.39 is 0 Å². The van der Waals surface area contributed by atoms with Gasteiger partial charge in [-0.1, -0.05) is 24.3 Å². The average molecular weight is 441 g/mol. The van der Waals surface area contributed by atoms with E-state index in [-0.39, 0.29) is 5.78 Å². The number of nitrogens with zero attached hydrogens (tertiary/aromatic N) is 2. The quantitative estimate of drug-likeness (QED) is 0.585. The van der Waals surface area contributed by atoms with Gasteiger partial charge < -0.3 is 18.9 Å². The van der Waals surface area contributed by atoms with Gasteiger partial charge in [0.1, 0.15) is 11.5 Å². The molecule has 7 nitrogen and oxygen atoms in total. The van der Waals surface area contributed by atoms with Gasteiger partial charge in [-0.3, -0.25) is 14.6 Å². The Morgan fingerprint density at radius 1 is 0.750 bits per heavy atom. The van der Waals surface area contributed by atoms with Crippen molar-refractivity contribution >= 4 is 5.78 Å². The number of methoxy groups -OCH3 is 2. The number of ketones is 1. The Kier molecular flexibility index (Phi) is 7.76. The zero-order valence-electron chi connectivity index (χ0n) is 19.0. The fourth-order valence-corrected chi connectivity index (χ4v) is 4.20. The van der Waals surface area contributed by atoms with Crippen LogP contribution < -0.4 is 9.47 Å². The van der Waals surface area contributed by atoms with Crippen LogP contribution in [0.3, 0.4) is 0 Å². The minimum atomic E-state index is -0.0440. The molecule has 0 saturated carbocycles. The molecule has 2 aromatic carbocycles. The molecule has 32 heavy (non-hydrogen) atoms. The highest BCUT2D eigenvalue weighted by Crippen LogP contribution is 2.27. The molecule has 2 saturated heterocycles. The van der Waals surface area contributed by atoms with Gasteiger partial charge in [-0.25, -0.2) is 0 Å². The van der Waals surface area contributed by atoms with Crippen molar-refractivity contribution in [1.82, 2.24) is 9.80 Å². The van der Waals surface area contributed by atoms with Gasteiger partial charge >= 0.3 is 0 Å². The summed E-state index contributed by atoms with van der Waals surface area (Å²) in [4.78, 5) is 17.9. The zero-order chi connectivity index (χ0) is 22.3. The number of morpholine rings is 2. The maximum Gasteiger partial charge on any atom is 0.193 e. The minimum Gasteiger partial charge on any atom is -0.496 e. The van der Waals surface area contributed by atoms with Gasteiger partial charge in [-0.05, 0) is 12.1 Å². The summed E-state index contributed by atoms with van der Waals surface area (Å²) < 4.78 is 22.1. The van der Waals surface area contributed by atoms with E-state index in [4.69, 9.17) is 18.9 Å². The van der Waals surface area contributed by atoms with Gasteiger partial charge in [0, 0.05) is 61.5 Å². The van der Waals surface area contributed by atoms with Gasteiger partial charge in [-0.15, -0.1) is 0 Å². The van der Waals surface area contributed by atoms with E-state index in [1.54, 1.807) is 14.2 Å². The molecule has 0 aromatic heterocycles. The standard InChI is InChI=1S/C25H32N2O5/c1-29-23-15-19(3-5-21(23)17-26-7-11-31-12-8-26)25(28)20-4-6-22(24(16-20)30-2)18-27-9-13-32-14-10-27/h3-6,15-16H,7-14,17-18H2,1-2H3. The maximum absolute atomic E-state index is 13.2. The lowest BCUT2D eigenvalue weighted by atomic mass is 9.99. The molecular formula is C25H32N2O5. The lowest BCUT2D eigenvalue weighted by Crippen LogP contribution is -2.35. The predicted molar refractivity (Wildman–Crippen MR) is 122 cm³/mol. The average Bonchev–Trinajstić information content (AvgIpc) is 2.85. The fraction of sp³-hybridized carbons (Fsp3) is 0.480. The van der Waals surface area contributed by atoms with Crippen molar-refractivity contribution in [3.63, 3.8) is 0 Å². The van der Waals surface area contributed by atoms with Crippen molar-refractivity contribution < 1.29 is 23.7 Å². The molecule has 2 aliphatic heterocycles. The molecule has 7 heteroatoms. The maximum atomic E-state index is 13.2. The molecule has 0 atom stereocenters. The van der Waals surface area contributed by atoms with Crippen molar-refractivity contribution in [2.75, 3.05) is 66.8 Å². The predicted octanol–water partition coefficient (Wildman–Crippen LogP) is 2.60. The van der Waals surface area contributed by atoms with Crippen LogP contribution >= 0.6 is 0 Å². The number of carbonyl (C=O) groups excluding carboxylic acids is 1. The first-order valence-corrected chi connectivity index (χ1v) is 11.2. The van der Waals surface area contributed by atoms with Crippen LogP contribution in [-0.2, 0) is 22.6 Å². The summed E-state index contributed by atoms with van der Waals surface area (Å²) in [5, 5.41) is 0. The number of ether oxygens (including phenoxy) is 4. The Hall–Kier alpha value is -2.45. The molecule has 0 amide bonds. The van der Waals surface area contributed by atoms with Crippen molar-refractivity contribution in [2.24, 2.45) is 0 Å². The zero-order valence-corrected chi connectivity index (χ0v) is 19.0. The van der Waals surface area contributed by atoms with E-state index in [2.05, 4.69) is 9.80 Å². The smallest absolute Gasteiger partial charge is 0.193 e. The summed E-state index contributed by atoms with van der Waals surface area (Å²) >= 11 is 0. The molecule has 172 valence electrons. The molecular weight excluding hydrogens is 408 g/mol. The first kappa shape index (κ1) is 22.7. The largest absolute Gasteiger partial charge is 0.496 e. The Morgan fingerprint density at radius 2 is 1.16 bits per heavy atom. The van der Waals surface area contributed by atoms with E-state index in [1.807, 2.05) is 36.4 Å². The van der Waals surface area contributed by atoms with Crippen LogP contribution in [0.15, 0.2) is 36.4 Å². The van der Waals surface area contributed by atoms with Crippen LogP contribution in [0.4, 0.5) is 0 Å². The Bertz CT molecular complexity index is 847. The van der Waals surface area contributed by atoms with Crippen molar-refractivity contribution in [2.45, 2.75) is 13.1 Å². The lowest BCUT2D eigenvalue weighted by molar-refractivity contribution is 0.0338. The normalized spacial score (nSPS) is 17.8. The molecule has 2 fully saturated rings. The first-order valence-electron chi connectivity index (χ1n) is 11.2. The minimum absolute atomic E-state index is 0.0440. The fourth-order valence-electron chi connectivity index (χ4n) is 4.20. The monoisotopic (exact) mass is 440 g/mol. The molecule has 0 spiro atoms. The summed E-state index contributed by atoms with van der Waals surface area (Å²) in [6, 6.07) is 11.4. The third-order valence-corrected chi connectivity index (χ3v) is 6.09. The summed E-state index contributed by atoms with van der Waals surface area (Å²) in [6.45, 7) is 8.19. The number of benzene rings is 2. The third-order valence-electron chi connectivity index (χ3n) is 6.09. The number of carbonyl (C=O) groups is 1. The second-order valence-electron chi connectivity index (χ2n) is 8.16. The number of rotatable bonds is 8. The van der Waals surface area contributed by atoms with Crippen LogP contribution in [0.2, 0.25) is 0 Å².